The zero-order valence-corrected chi connectivity index (χ0v) is 17.5. The molecular formula is C23H31N3O3. The van der Waals surface area contributed by atoms with E-state index in [1.54, 1.807) is 0 Å². The number of hydrogen-bond donors (Lipinski definition) is 0. The van der Waals surface area contributed by atoms with Gasteiger partial charge < -0.3 is 14.1 Å². The van der Waals surface area contributed by atoms with Crippen molar-refractivity contribution in [3.8, 4) is 11.5 Å². The molecule has 0 atom stereocenters. The number of oxazole rings is 1. The number of benzene rings is 1. The van der Waals surface area contributed by atoms with Crippen LogP contribution in [0.15, 0.2) is 28.7 Å². The predicted octanol–water partition coefficient (Wildman–Crippen LogP) is 3.28. The van der Waals surface area contributed by atoms with E-state index in [0.29, 0.717) is 25.0 Å². The van der Waals surface area contributed by atoms with Crippen molar-refractivity contribution in [1.29, 1.82) is 0 Å². The maximum atomic E-state index is 12.7. The summed E-state index contributed by atoms with van der Waals surface area (Å²) in [4.78, 5) is 21.8. The molecule has 0 radical (unpaired) electrons. The molecule has 1 aromatic carbocycles. The van der Waals surface area contributed by atoms with E-state index in [1.807, 2.05) is 11.8 Å². The van der Waals surface area contributed by atoms with Gasteiger partial charge in [-0.25, -0.2) is 4.98 Å². The second-order valence-corrected chi connectivity index (χ2v) is 8.06. The summed E-state index contributed by atoms with van der Waals surface area (Å²) in [6.07, 6.45) is 2.86. The van der Waals surface area contributed by atoms with Gasteiger partial charge in [-0.1, -0.05) is 19.1 Å². The number of aryl methyl sites for hydroxylation is 2. The maximum absolute atomic E-state index is 12.7. The van der Waals surface area contributed by atoms with Gasteiger partial charge in [0.1, 0.15) is 5.76 Å². The molecule has 0 bridgehead atoms. The van der Waals surface area contributed by atoms with Crippen LogP contribution in [0.4, 0.5) is 0 Å². The first-order chi connectivity index (χ1) is 14.1. The summed E-state index contributed by atoms with van der Waals surface area (Å²) in [7, 11) is 0. The quantitative estimate of drug-likeness (QED) is 0.775. The molecule has 6 heteroatoms. The molecule has 3 heterocycles. The molecule has 2 aromatic rings. The van der Waals surface area contributed by atoms with Gasteiger partial charge in [-0.15, -0.1) is 0 Å². The zero-order chi connectivity index (χ0) is 20.2. The van der Waals surface area contributed by atoms with E-state index in [9.17, 15) is 4.79 Å². The Morgan fingerprint density at radius 1 is 1.10 bits per heavy atom. The lowest BCUT2D eigenvalue weighted by atomic mass is 9.95. The summed E-state index contributed by atoms with van der Waals surface area (Å²) >= 11 is 0. The highest BCUT2D eigenvalue weighted by molar-refractivity contribution is 5.79. The third-order valence-electron chi connectivity index (χ3n) is 6.13. The molecule has 1 amide bonds. The van der Waals surface area contributed by atoms with Crippen LogP contribution in [0, 0.1) is 12.8 Å². The number of rotatable bonds is 5. The van der Waals surface area contributed by atoms with E-state index in [4.69, 9.17) is 14.1 Å². The first-order valence-corrected chi connectivity index (χ1v) is 10.8. The van der Waals surface area contributed by atoms with Gasteiger partial charge in [-0.2, -0.15) is 0 Å². The number of ether oxygens (including phenoxy) is 1. The average molecular weight is 398 g/mol. The SMILES string of the molecule is CCc1ccc(-c2nc(CN3CCC(C(=O)N4CCOCC4)CC3)c(C)o2)cc1. The van der Waals surface area contributed by atoms with E-state index in [1.165, 1.54) is 5.56 Å². The molecule has 1 aromatic heterocycles. The van der Waals surface area contributed by atoms with Crippen LogP contribution in [0.25, 0.3) is 11.5 Å². The lowest BCUT2D eigenvalue weighted by molar-refractivity contribution is -0.141. The van der Waals surface area contributed by atoms with Gasteiger partial charge in [0.25, 0.3) is 0 Å². The molecule has 0 saturated carbocycles. The van der Waals surface area contributed by atoms with Gasteiger partial charge in [0.2, 0.25) is 11.8 Å². The maximum Gasteiger partial charge on any atom is 0.226 e. The average Bonchev–Trinajstić information content (AvgIpc) is 3.14. The fraction of sp³-hybridized carbons (Fsp3) is 0.565. The summed E-state index contributed by atoms with van der Waals surface area (Å²) in [6.45, 7) is 9.57. The van der Waals surface area contributed by atoms with Crippen molar-refractivity contribution in [3.63, 3.8) is 0 Å². The molecule has 2 aliphatic rings. The van der Waals surface area contributed by atoms with Crippen LogP contribution in [0.2, 0.25) is 0 Å². The van der Waals surface area contributed by atoms with Crippen molar-refractivity contribution in [1.82, 2.24) is 14.8 Å². The van der Waals surface area contributed by atoms with Crippen LogP contribution in [0.5, 0.6) is 0 Å². The monoisotopic (exact) mass is 397 g/mol. The number of likely N-dealkylation sites (tertiary alicyclic amines) is 1. The van der Waals surface area contributed by atoms with Crippen LogP contribution >= 0.6 is 0 Å². The molecule has 0 N–H and O–H groups in total. The minimum atomic E-state index is 0.149. The predicted molar refractivity (Wildman–Crippen MR) is 111 cm³/mol. The van der Waals surface area contributed by atoms with Crippen molar-refractivity contribution in [3.05, 3.63) is 41.3 Å². The van der Waals surface area contributed by atoms with E-state index < -0.39 is 0 Å². The third kappa shape index (κ3) is 4.70. The Morgan fingerprint density at radius 3 is 2.45 bits per heavy atom. The lowest BCUT2D eigenvalue weighted by Gasteiger charge is -2.35. The number of morpholine rings is 1. The molecule has 6 nitrogen and oxygen atoms in total. The van der Waals surface area contributed by atoms with Crippen molar-refractivity contribution in [2.24, 2.45) is 5.92 Å². The van der Waals surface area contributed by atoms with Crippen molar-refractivity contribution < 1.29 is 13.9 Å². The zero-order valence-electron chi connectivity index (χ0n) is 17.5. The third-order valence-corrected chi connectivity index (χ3v) is 6.13. The van der Waals surface area contributed by atoms with Gasteiger partial charge in [0.15, 0.2) is 0 Å². The lowest BCUT2D eigenvalue weighted by Crippen LogP contribution is -2.46. The second kappa shape index (κ2) is 9.09. The van der Waals surface area contributed by atoms with Crippen LogP contribution in [0.3, 0.4) is 0 Å². The van der Waals surface area contributed by atoms with Crippen LogP contribution in [-0.2, 0) is 22.5 Å². The Balaban J connectivity index is 1.33. The fourth-order valence-electron chi connectivity index (χ4n) is 4.17. The summed E-state index contributed by atoms with van der Waals surface area (Å²) in [5.41, 5.74) is 3.33. The Morgan fingerprint density at radius 2 is 1.79 bits per heavy atom. The Kier molecular flexibility index (Phi) is 6.31. The number of aromatic nitrogens is 1. The summed E-state index contributed by atoms with van der Waals surface area (Å²) in [5.74, 6) is 2.03. The first-order valence-electron chi connectivity index (χ1n) is 10.8. The molecule has 0 aliphatic carbocycles. The fourth-order valence-corrected chi connectivity index (χ4v) is 4.17. The summed E-state index contributed by atoms with van der Waals surface area (Å²) in [5, 5.41) is 0. The summed E-state index contributed by atoms with van der Waals surface area (Å²) < 4.78 is 11.3. The van der Waals surface area contributed by atoms with E-state index in [-0.39, 0.29) is 5.92 Å². The van der Waals surface area contributed by atoms with Gasteiger partial charge in [0.05, 0.1) is 18.9 Å². The normalized spacial score (nSPS) is 18.9. The Labute approximate surface area is 172 Å². The molecule has 0 unspecified atom stereocenters. The highest BCUT2D eigenvalue weighted by Crippen LogP contribution is 2.25. The van der Waals surface area contributed by atoms with Crippen LogP contribution in [-0.4, -0.2) is 60.1 Å². The first kappa shape index (κ1) is 20.1. The van der Waals surface area contributed by atoms with Crippen molar-refractivity contribution in [2.75, 3.05) is 39.4 Å². The van der Waals surface area contributed by atoms with Crippen molar-refractivity contribution >= 4 is 5.91 Å². The van der Waals surface area contributed by atoms with E-state index in [2.05, 4.69) is 36.1 Å². The van der Waals surface area contributed by atoms with E-state index in [0.717, 1.165) is 69.0 Å². The van der Waals surface area contributed by atoms with Crippen molar-refractivity contribution in [2.45, 2.75) is 39.7 Å². The summed E-state index contributed by atoms with van der Waals surface area (Å²) in [6, 6.07) is 8.42. The number of piperidine rings is 1. The second-order valence-electron chi connectivity index (χ2n) is 8.06. The standard InChI is InChI=1S/C23H31N3O3/c1-3-18-4-6-19(7-5-18)22-24-21(17(2)29-22)16-25-10-8-20(9-11-25)23(27)26-12-14-28-15-13-26/h4-7,20H,3,8-16H2,1-2H3. The van der Waals surface area contributed by atoms with Gasteiger partial charge in [-0.05, 0) is 57.0 Å². The molecular weight excluding hydrogens is 366 g/mol. The number of nitrogens with zero attached hydrogens (tertiary/aromatic N) is 3. The van der Waals surface area contributed by atoms with Crippen LogP contribution < -0.4 is 0 Å². The van der Waals surface area contributed by atoms with Crippen LogP contribution in [0.1, 0.15) is 36.8 Å². The molecule has 4 rings (SSSR count). The smallest absolute Gasteiger partial charge is 0.226 e. The Hall–Kier alpha value is -2.18. The molecule has 0 spiro atoms. The molecule has 2 aliphatic heterocycles. The van der Waals surface area contributed by atoms with Gasteiger partial charge >= 0.3 is 0 Å². The number of carbonyl (C=O) groups is 1. The minimum Gasteiger partial charge on any atom is -0.441 e. The molecule has 29 heavy (non-hydrogen) atoms. The Bertz CT molecular complexity index is 816. The minimum absolute atomic E-state index is 0.149. The van der Waals surface area contributed by atoms with E-state index >= 15 is 0 Å². The largest absolute Gasteiger partial charge is 0.441 e. The molecule has 2 saturated heterocycles. The highest BCUT2D eigenvalue weighted by atomic mass is 16.5. The van der Waals surface area contributed by atoms with Gasteiger partial charge in [-0.3, -0.25) is 9.69 Å². The topological polar surface area (TPSA) is 58.8 Å². The number of hydrogen-bond acceptors (Lipinski definition) is 5. The molecule has 156 valence electrons. The van der Waals surface area contributed by atoms with Gasteiger partial charge in [0, 0.05) is 31.1 Å². The highest BCUT2D eigenvalue weighted by Gasteiger charge is 2.29. The number of amides is 1. The molecule has 2 fully saturated rings. The number of carbonyl (C=O) groups excluding carboxylic acids is 1.